The number of amides is 1. The zero-order valence-corrected chi connectivity index (χ0v) is 15.0. The van der Waals surface area contributed by atoms with Crippen LogP contribution in [0.2, 0.25) is 0 Å². The summed E-state index contributed by atoms with van der Waals surface area (Å²) in [7, 11) is 0. The van der Waals surface area contributed by atoms with Gasteiger partial charge in [-0.15, -0.1) is 0 Å². The molecule has 1 aromatic heterocycles. The van der Waals surface area contributed by atoms with E-state index in [0.717, 1.165) is 24.5 Å². The van der Waals surface area contributed by atoms with Crippen molar-refractivity contribution in [3.63, 3.8) is 0 Å². The number of hydrogen-bond donors (Lipinski definition) is 1. The van der Waals surface area contributed by atoms with Crippen LogP contribution in [-0.2, 0) is 4.74 Å². The van der Waals surface area contributed by atoms with Gasteiger partial charge in [-0.2, -0.15) is 0 Å². The molecule has 1 fully saturated rings. The van der Waals surface area contributed by atoms with Crippen molar-refractivity contribution in [1.82, 2.24) is 4.98 Å². The average molecular weight is 365 g/mol. The van der Waals surface area contributed by atoms with E-state index >= 15 is 0 Å². The molecule has 27 heavy (non-hydrogen) atoms. The number of carbonyl (C=O) groups excluding carboxylic acids is 1. The maximum Gasteiger partial charge on any atom is 0.255 e. The zero-order valence-electron chi connectivity index (χ0n) is 15.0. The van der Waals surface area contributed by atoms with E-state index in [2.05, 4.69) is 15.2 Å². The molecule has 0 aliphatic carbocycles. The van der Waals surface area contributed by atoms with E-state index in [1.807, 2.05) is 31.2 Å². The summed E-state index contributed by atoms with van der Waals surface area (Å²) in [6.07, 6.45) is 0. The molecule has 0 saturated carbocycles. The van der Waals surface area contributed by atoms with Crippen LogP contribution < -0.4 is 10.2 Å². The number of halogens is 1. The lowest BCUT2D eigenvalue weighted by Crippen LogP contribution is -2.36. The highest BCUT2D eigenvalue weighted by atomic mass is 19.1. The van der Waals surface area contributed by atoms with Crippen molar-refractivity contribution in [2.75, 3.05) is 36.5 Å². The minimum atomic E-state index is -0.457. The Morgan fingerprint density at radius 3 is 2.59 bits per heavy atom. The molecule has 1 N–H and O–H groups in total. The number of hydrogen-bond acceptors (Lipinski definition) is 4. The minimum Gasteiger partial charge on any atom is -0.378 e. The molecule has 0 bridgehead atoms. The third kappa shape index (κ3) is 3.75. The number of nitrogens with zero attached hydrogens (tertiary/aromatic N) is 2. The third-order valence-corrected chi connectivity index (χ3v) is 4.64. The van der Waals surface area contributed by atoms with Crippen LogP contribution in [0.1, 0.15) is 15.9 Å². The lowest BCUT2D eigenvalue weighted by Gasteiger charge is -2.28. The maximum atomic E-state index is 14.6. The summed E-state index contributed by atoms with van der Waals surface area (Å²) in [5.41, 5.74) is 2.31. The molecule has 5 nitrogen and oxygen atoms in total. The maximum absolute atomic E-state index is 14.6. The minimum absolute atomic E-state index is 0.272. The lowest BCUT2D eigenvalue weighted by molar-refractivity contribution is 0.102. The van der Waals surface area contributed by atoms with Gasteiger partial charge in [-0.1, -0.05) is 17.7 Å². The van der Waals surface area contributed by atoms with Crippen LogP contribution >= 0.6 is 0 Å². The van der Waals surface area contributed by atoms with Crippen LogP contribution in [-0.4, -0.2) is 37.2 Å². The molecule has 6 heteroatoms. The number of fused-ring (bicyclic) bond motifs is 1. The topological polar surface area (TPSA) is 54.5 Å². The molecule has 1 amide bonds. The first kappa shape index (κ1) is 17.4. The Hall–Kier alpha value is -2.99. The molecular weight excluding hydrogens is 345 g/mol. The monoisotopic (exact) mass is 365 g/mol. The molecule has 0 atom stereocenters. The highest BCUT2D eigenvalue weighted by Crippen LogP contribution is 2.25. The van der Waals surface area contributed by atoms with E-state index in [1.54, 1.807) is 18.2 Å². The Labute approximate surface area is 156 Å². The largest absolute Gasteiger partial charge is 0.378 e. The lowest BCUT2D eigenvalue weighted by atomic mass is 10.1. The number of carbonyl (C=O) groups is 1. The summed E-state index contributed by atoms with van der Waals surface area (Å²) in [5, 5.41) is 3.40. The van der Waals surface area contributed by atoms with Crippen LogP contribution in [0, 0.1) is 12.7 Å². The number of aromatic nitrogens is 1. The fourth-order valence-electron chi connectivity index (χ4n) is 3.13. The van der Waals surface area contributed by atoms with Crippen LogP contribution in [0.4, 0.5) is 15.9 Å². The Balaban J connectivity index is 1.59. The molecule has 1 saturated heterocycles. The van der Waals surface area contributed by atoms with Gasteiger partial charge in [0.1, 0.15) is 11.3 Å². The molecule has 0 spiro atoms. The van der Waals surface area contributed by atoms with Gasteiger partial charge in [0.25, 0.3) is 5.91 Å². The molecule has 0 radical (unpaired) electrons. The number of morpholine rings is 1. The standard InChI is InChI=1S/C21H20FN3O2/c1-14-2-4-15(5-3-14)21(26)23-17-12-16-6-7-19(24-20(16)18(22)13-17)25-8-10-27-11-9-25/h2-7,12-13H,8-11H2,1H3,(H,23,26). The van der Waals surface area contributed by atoms with Gasteiger partial charge in [-0.05, 0) is 43.3 Å². The van der Waals surface area contributed by atoms with E-state index in [9.17, 15) is 9.18 Å². The van der Waals surface area contributed by atoms with Crippen molar-refractivity contribution in [3.05, 3.63) is 65.5 Å². The normalized spacial score (nSPS) is 14.4. The average Bonchev–Trinajstić information content (AvgIpc) is 2.69. The van der Waals surface area contributed by atoms with Crippen molar-refractivity contribution < 1.29 is 13.9 Å². The highest BCUT2D eigenvalue weighted by molar-refractivity contribution is 6.05. The van der Waals surface area contributed by atoms with E-state index in [4.69, 9.17) is 4.74 Å². The molecule has 1 aliphatic rings. The third-order valence-electron chi connectivity index (χ3n) is 4.64. The van der Waals surface area contributed by atoms with Gasteiger partial charge in [-0.3, -0.25) is 4.79 Å². The number of anilines is 2. The SMILES string of the molecule is Cc1ccc(C(=O)Nc2cc(F)c3nc(N4CCOCC4)ccc3c2)cc1. The van der Waals surface area contributed by atoms with Crippen LogP contribution in [0.15, 0.2) is 48.5 Å². The van der Waals surface area contributed by atoms with Gasteiger partial charge in [0.15, 0.2) is 5.82 Å². The number of pyridine rings is 1. The highest BCUT2D eigenvalue weighted by Gasteiger charge is 2.15. The predicted molar refractivity (Wildman–Crippen MR) is 104 cm³/mol. The summed E-state index contributed by atoms with van der Waals surface area (Å²) in [6.45, 7) is 4.73. The quantitative estimate of drug-likeness (QED) is 0.768. The second kappa shape index (κ2) is 7.32. The second-order valence-corrected chi connectivity index (χ2v) is 6.62. The second-order valence-electron chi connectivity index (χ2n) is 6.62. The Morgan fingerprint density at radius 1 is 1.11 bits per heavy atom. The summed E-state index contributed by atoms with van der Waals surface area (Å²) in [4.78, 5) is 18.9. The Bertz CT molecular complexity index is 983. The first-order valence-electron chi connectivity index (χ1n) is 8.91. The molecule has 138 valence electrons. The molecule has 4 rings (SSSR count). The van der Waals surface area contributed by atoms with Crippen molar-refractivity contribution in [1.29, 1.82) is 0 Å². The molecule has 3 aromatic rings. The predicted octanol–water partition coefficient (Wildman–Crippen LogP) is 3.77. The van der Waals surface area contributed by atoms with Crippen LogP contribution in [0.25, 0.3) is 10.9 Å². The molecule has 0 unspecified atom stereocenters. The van der Waals surface area contributed by atoms with Crippen molar-refractivity contribution in [2.45, 2.75) is 6.92 Å². The van der Waals surface area contributed by atoms with Crippen molar-refractivity contribution in [2.24, 2.45) is 0 Å². The molecule has 1 aliphatic heterocycles. The zero-order chi connectivity index (χ0) is 18.8. The van der Waals surface area contributed by atoms with E-state index in [-0.39, 0.29) is 5.91 Å². The number of aryl methyl sites for hydroxylation is 1. The Kier molecular flexibility index (Phi) is 4.73. The number of benzene rings is 2. The fraction of sp³-hybridized carbons (Fsp3) is 0.238. The van der Waals surface area contributed by atoms with Gasteiger partial charge in [0.2, 0.25) is 0 Å². The summed E-state index contributed by atoms with van der Waals surface area (Å²) in [6, 6.07) is 14.0. The van der Waals surface area contributed by atoms with Crippen molar-refractivity contribution in [3.8, 4) is 0 Å². The van der Waals surface area contributed by atoms with Crippen molar-refractivity contribution >= 4 is 28.3 Å². The number of nitrogens with one attached hydrogen (secondary N) is 1. The number of rotatable bonds is 3. The van der Waals surface area contributed by atoms with E-state index in [1.165, 1.54) is 6.07 Å². The summed E-state index contributed by atoms with van der Waals surface area (Å²) < 4.78 is 20.0. The van der Waals surface area contributed by atoms with Gasteiger partial charge in [0.05, 0.1) is 13.2 Å². The number of ether oxygens (including phenoxy) is 1. The Morgan fingerprint density at radius 2 is 1.85 bits per heavy atom. The first-order chi connectivity index (χ1) is 13.1. The van der Waals surface area contributed by atoms with E-state index in [0.29, 0.717) is 35.4 Å². The van der Waals surface area contributed by atoms with Gasteiger partial charge >= 0.3 is 0 Å². The van der Waals surface area contributed by atoms with Gasteiger partial charge in [0, 0.05) is 29.7 Å². The molecular formula is C21H20FN3O2. The van der Waals surface area contributed by atoms with Gasteiger partial charge < -0.3 is 15.0 Å². The summed E-state index contributed by atoms with van der Waals surface area (Å²) >= 11 is 0. The first-order valence-corrected chi connectivity index (χ1v) is 8.91. The molecule has 2 aromatic carbocycles. The molecule has 2 heterocycles. The summed E-state index contributed by atoms with van der Waals surface area (Å²) in [5.74, 6) is 0.00889. The smallest absolute Gasteiger partial charge is 0.255 e. The van der Waals surface area contributed by atoms with Crippen LogP contribution in [0.5, 0.6) is 0 Å². The van der Waals surface area contributed by atoms with Gasteiger partial charge in [-0.25, -0.2) is 9.37 Å². The van der Waals surface area contributed by atoms with Crippen LogP contribution in [0.3, 0.4) is 0 Å². The van der Waals surface area contributed by atoms with E-state index < -0.39 is 5.82 Å². The fourth-order valence-corrected chi connectivity index (χ4v) is 3.13.